The molecule has 0 fully saturated rings. The van der Waals surface area contributed by atoms with Crippen molar-refractivity contribution in [3.05, 3.63) is 204 Å². The average molecular weight is 680 g/mol. The minimum atomic E-state index is -0.568. The lowest BCUT2D eigenvalue weighted by Gasteiger charge is -2.40. The Kier molecular flexibility index (Phi) is 7.02. The highest BCUT2D eigenvalue weighted by Gasteiger charge is 2.50. The molecular formula is C48H29N3S. The second-order valence-corrected chi connectivity index (χ2v) is 14.3. The molecule has 3 nitrogen and oxygen atoms in total. The van der Waals surface area contributed by atoms with Crippen molar-refractivity contribution in [2.45, 2.75) is 15.2 Å². The van der Waals surface area contributed by atoms with Crippen LogP contribution >= 0.6 is 11.8 Å². The van der Waals surface area contributed by atoms with Crippen LogP contribution in [0.4, 0.5) is 0 Å². The molecule has 0 amide bonds. The summed E-state index contributed by atoms with van der Waals surface area (Å²) in [6, 6.07) is 64.3. The summed E-state index contributed by atoms with van der Waals surface area (Å²) in [7, 11) is 0. The zero-order valence-electron chi connectivity index (χ0n) is 28.0. The second-order valence-electron chi connectivity index (χ2n) is 13.2. The van der Waals surface area contributed by atoms with E-state index in [4.69, 9.17) is 9.97 Å². The molecule has 0 bridgehead atoms. The first-order valence-corrected chi connectivity index (χ1v) is 18.2. The summed E-state index contributed by atoms with van der Waals surface area (Å²) < 4.78 is 0. The molecule has 1 aromatic heterocycles. The Morgan fingerprint density at radius 3 is 1.69 bits per heavy atom. The van der Waals surface area contributed by atoms with E-state index in [1.165, 1.54) is 43.2 Å². The van der Waals surface area contributed by atoms with Gasteiger partial charge >= 0.3 is 0 Å². The first-order chi connectivity index (χ1) is 25.7. The van der Waals surface area contributed by atoms with Crippen LogP contribution in [0.25, 0.3) is 56.2 Å². The molecule has 242 valence electrons. The Morgan fingerprint density at radius 2 is 0.981 bits per heavy atom. The van der Waals surface area contributed by atoms with Crippen molar-refractivity contribution >= 4 is 11.8 Å². The molecule has 8 aromatic rings. The lowest BCUT2D eigenvalue weighted by Crippen LogP contribution is -2.32. The molecule has 1 atom stereocenters. The maximum atomic E-state index is 9.47. The van der Waals surface area contributed by atoms with Crippen LogP contribution in [0.15, 0.2) is 186 Å². The lowest BCUT2D eigenvalue weighted by molar-refractivity contribution is 0.723. The summed E-state index contributed by atoms with van der Waals surface area (Å²) in [6.45, 7) is 0. The van der Waals surface area contributed by atoms with Crippen molar-refractivity contribution in [1.82, 2.24) is 9.97 Å². The van der Waals surface area contributed by atoms with Gasteiger partial charge in [0.2, 0.25) is 0 Å². The minimum absolute atomic E-state index is 0.568. The Morgan fingerprint density at radius 1 is 0.423 bits per heavy atom. The first-order valence-electron chi connectivity index (χ1n) is 17.4. The second kappa shape index (κ2) is 12.1. The summed E-state index contributed by atoms with van der Waals surface area (Å²) >= 11 is 1.83. The number of hydrogen-bond acceptors (Lipinski definition) is 4. The van der Waals surface area contributed by atoms with E-state index in [-0.39, 0.29) is 0 Å². The number of nitriles is 1. The molecule has 1 aliphatic heterocycles. The molecule has 0 saturated heterocycles. The van der Waals surface area contributed by atoms with Gasteiger partial charge in [0.15, 0.2) is 5.82 Å². The monoisotopic (exact) mass is 679 g/mol. The van der Waals surface area contributed by atoms with E-state index in [2.05, 4.69) is 146 Å². The van der Waals surface area contributed by atoms with E-state index in [1.807, 2.05) is 48.2 Å². The SMILES string of the molecule is N#Cc1ccc(-c2ccc3c(c2)C2(c4ccccc4Sc4ccc(-c5nc(-c6ccccc6)cc(-c6ccccc6)n5)cc42)c2ccccc2-3)cc1. The molecule has 0 radical (unpaired) electrons. The van der Waals surface area contributed by atoms with Crippen LogP contribution < -0.4 is 0 Å². The summed E-state index contributed by atoms with van der Waals surface area (Å²) in [5.74, 6) is 0.694. The highest BCUT2D eigenvalue weighted by Crippen LogP contribution is 2.62. The molecule has 7 aromatic carbocycles. The maximum absolute atomic E-state index is 9.47. The highest BCUT2D eigenvalue weighted by atomic mass is 32.2. The van der Waals surface area contributed by atoms with E-state index < -0.39 is 5.41 Å². The van der Waals surface area contributed by atoms with Gasteiger partial charge in [-0.15, -0.1) is 0 Å². The molecule has 2 heterocycles. The van der Waals surface area contributed by atoms with Gasteiger partial charge in [-0.2, -0.15) is 5.26 Å². The number of rotatable bonds is 4. The van der Waals surface area contributed by atoms with Crippen molar-refractivity contribution in [2.24, 2.45) is 0 Å². The normalized spacial score (nSPS) is 14.9. The number of fused-ring (bicyclic) bond motifs is 9. The van der Waals surface area contributed by atoms with Gasteiger partial charge in [-0.25, -0.2) is 9.97 Å². The quantitative estimate of drug-likeness (QED) is 0.186. The zero-order chi connectivity index (χ0) is 34.6. The van der Waals surface area contributed by atoms with Crippen molar-refractivity contribution < 1.29 is 0 Å². The minimum Gasteiger partial charge on any atom is -0.228 e. The van der Waals surface area contributed by atoms with Gasteiger partial charge in [-0.1, -0.05) is 145 Å². The molecule has 0 saturated carbocycles. The zero-order valence-corrected chi connectivity index (χ0v) is 28.8. The predicted octanol–water partition coefficient (Wildman–Crippen LogP) is 11.8. The van der Waals surface area contributed by atoms with Gasteiger partial charge in [0.05, 0.1) is 28.4 Å². The van der Waals surface area contributed by atoms with Crippen LogP contribution in [0.2, 0.25) is 0 Å². The number of aromatic nitrogens is 2. The highest BCUT2D eigenvalue weighted by molar-refractivity contribution is 7.99. The molecule has 1 spiro atoms. The van der Waals surface area contributed by atoms with Crippen molar-refractivity contribution in [2.75, 3.05) is 0 Å². The summed E-state index contributed by atoms with van der Waals surface area (Å²) in [5.41, 5.74) is 14.7. The Balaban J connectivity index is 1.24. The van der Waals surface area contributed by atoms with Crippen molar-refractivity contribution in [1.29, 1.82) is 5.26 Å². The van der Waals surface area contributed by atoms with Crippen LogP contribution in [-0.4, -0.2) is 9.97 Å². The van der Waals surface area contributed by atoms with Crippen molar-refractivity contribution in [3.8, 4) is 62.2 Å². The van der Waals surface area contributed by atoms with Gasteiger partial charge in [0.25, 0.3) is 0 Å². The third-order valence-electron chi connectivity index (χ3n) is 10.4. The van der Waals surface area contributed by atoms with Gasteiger partial charge in [0.1, 0.15) is 0 Å². The summed E-state index contributed by atoms with van der Waals surface area (Å²) in [6.07, 6.45) is 0. The standard InChI is InChI=1S/C48H29N3S/c49-30-31-19-21-32(22-20-31)35-23-25-38-37-15-7-8-16-39(37)48(41(38)27-35)40-17-9-10-18-45(40)52-46-26-24-36(28-42(46)48)47-50-43(33-11-3-1-4-12-33)29-44(51-47)34-13-5-2-6-14-34/h1-29H. The van der Waals surface area contributed by atoms with Gasteiger partial charge < -0.3 is 0 Å². The molecule has 1 unspecified atom stereocenters. The molecule has 0 N–H and O–H groups in total. The molecule has 4 heteroatoms. The third-order valence-corrected chi connectivity index (χ3v) is 11.6. The van der Waals surface area contributed by atoms with E-state index in [1.54, 1.807) is 0 Å². The lowest BCUT2D eigenvalue weighted by atomic mass is 9.67. The number of benzene rings is 7. The summed E-state index contributed by atoms with van der Waals surface area (Å²) in [5, 5.41) is 9.47. The van der Waals surface area contributed by atoms with Crippen LogP contribution in [0.5, 0.6) is 0 Å². The fourth-order valence-corrected chi connectivity index (χ4v) is 9.22. The van der Waals surface area contributed by atoms with Crippen LogP contribution in [0, 0.1) is 11.3 Å². The largest absolute Gasteiger partial charge is 0.228 e. The third kappa shape index (κ3) is 4.67. The molecular weight excluding hydrogens is 651 g/mol. The van der Waals surface area contributed by atoms with Crippen LogP contribution in [-0.2, 0) is 5.41 Å². The fourth-order valence-electron chi connectivity index (χ4n) is 8.05. The van der Waals surface area contributed by atoms with Crippen LogP contribution in [0.3, 0.4) is 0 Å². The summed E-state index contributed by atoms with van der Waals surface area (Å²) in [4.78, 5) is 12.9. The van der Waals surface area contributed by atoms with E-state index in [0.29, 0.717) is 11.4 Å². The van der Waals surface area contributed by atoms with E-state index in [0.717, 1.165) is 39.2 Å². The molecule has 10 rings (SSSR count). The predicted molar refractivity (Wildman–Crippen MR) is 210 cm³/mol. The molecule has 2 aliphatic rings. The van der Waals surface area contributed by atoms with Crippen LogP contribution in [0.1, 0.15) is 27.8 Å². The molecule has 52 heavy (non-hydrogen) atoms. The topological polar surface area (TPSA) is 49.6 Å². The smallest absolute Gasteiger partial charge is 0.160 e. The Labute approximate surface area is 307 Å². The maximum Gasteiger partial charge on any atom is 0.160 e. The Hall–Kier alpha value is -6.54. The number of nitrogens with zero attached hydrogens (tertiary/aromatic N) is 3. The van der Waals surface area contributed by atoms with Gasteiger partial charge in [-0.05, 0) is 87.0 Å². The Bertz CT molecular complexity index is 2660. The first kappa shape index (κ1) is 30.3. The fraction of sp³-hybridized carbons (Fsp3) is 0.0208. The van der Waals surface area contributed by atoms with Gasteiger partial charge in [-0.3, -0.25) is 0 Å². The van der Waals surface area contributed by atoms with E-state index >= 15 is 0 Å². The average Bonchev–Trinajstić information content (AvgIpc) is 3.51. The van der Waals surface area contributed by atoms with Gasteiger partial charge in [0, 0.05) is 26.5 Å². The van der Waals surface area contributed by atoms with Crippen molar-refractivity contribution in [3.63, 3.8) is 0 Å². The number of hydrogen-bond donors (Lipinski definition) is 0. The molecule has 1 aliphatic carbocycles. The van der Waals surface area contributed by atoms with E-state index in [9.17, 15) is 5.26 Å².